The Kier molecular flexibility index (Phi) is 5.98. The molecule has 1 rings (SSSR count). The largest absolute Gasteiger partial charge is 0.360 e. The number of hydrogen-bond donors (Lipinski definition) is 2. The Balaban J connectivity index is 2.55. The Morgan fingerprint density at radius 1 is 1.29 bits per heavy atom. The molecular weight excluding hydrogens is 228 g/mol. The van der Waals surface area contributed by atoms with Crippen molar-refractivity contribution in [3.05, 3.63) is 29.8 Å². The lowest BCUT2D eigenvalue weighted by atomic mass is 10.1. The van der Waals surface area contributed by atoms with Gasteiger partial charge in [-0.3, -0.25) is 0 Å². The molecule has 0 aliphatic carbocycles. The van der Waals surface area contributed by atoms with Gasteiger partial charge in [-0.2, -0.15) is 0 Å². The number of thiocarbonyl (C=S) groups is 1. The Bertz CT molecular complexity index is 363. The lowest BCUT2D eigenvalue weighted by molar-refractivity contribution is 0.599. The molecule has 0 aliphatic rings. The molecule has 1 aromatic rings. The number of aryl methyl sites for hydroxylation is 1. The third kappa shape index (κ3) is 4.73. The lowest BCUT2D eigenvalue weighted by Gasteiger charge is -2.17. The summed E-state index contributed by atoms with van der Waals surface area (Å²) in [5.41, 5.74) is 2.40. The highest BCUT2D eigenvalue weighted by molar-refractivity contribution is 7.80. The van der Waals surface area contributed by atoms with E-state index in [0.29, 0.717) is 11.2 Å². The summed E-state index contributed by atoms with van der Waals surface area (Å²) in [6, 6.07) is 8.70. The molecule has 2 N–H and O–H groups in total. The van der Waals surface area contributed by atoms with Gasteiger partial charge >= 0.3 is 0 Å². The number of benzene rings is 1. The number of nitrogens with one attached hydrogen (secondary N) is 2. The molecule has 1 atom stereocenters. The van der Waals surface area contributed by atoms with Crippen LogP contribution in [0.15, 0.2) is 24.3 Å². The van der Waals surface area contributed by atoms with E-state index < -0.39 is 0 Å². The Morgan fingerprint density at radius 3 is 2.65 bits per heavy atom. The van der Waals surface area contributed by atoms with Crippen LogP contribution in [-0.4, -0.2) is 11.2 Å². The van der Waals surface area contributed by atoms with Gasteiger partial charge in [-0.25, -0.2) is 0 Å². The van der Waals surface area contributed by atoms with Crippen molar-refractivity contribution < 1.29 is 0 Å². The molecule has 17 heavy (non-hydrogen) atoms. The Labute approximate surface area is 110 Å². The van der Waals surface area contributed by atoms with E-state index in [-0.39, 0.29) is 0 Å². The van der Waals surface area contributed by atoms with Gasteiger partial charge in [0.1, 0.15) is 0 Å². The summed E-state index contributed by atoms with van der Waals surface area (Å²) in [6.45, 7) is 6.49. The normalized spacial score (nSPS) is 11.9. The summed E-state index contributed by atoms with van der Waals surface area (Å²) in [5.74, 6) is 0. The second kappa shape index (κ2) is 7.28. The van der Waals surface area contributed by atoms with Gasteiger partial charge in [0.15, 0.2) is 5.11 Å². The average Bonchev–Trinajstić information content (AvgIpc) is 2.29. The van der Waals surface area contributed by atoms with Crippen LogP contribution >= 0.6 is 12.2 Å². The first kappa shape index (κ1) is 14.0. The van der Waals surface area contributed by atoms with Crippen LogP contribution in [0.25, 0.3) is 0 Å². The van der Waals surface area contributed by atoms with Crippen LogP contribution < -0.4 is 10.6 Å². The zero-order valence-corrected chi connectivity index (χ0v) is 11.7. The van der Waals surface area contributed by atoms with Gasteiger partial charge < -0.3 is 10.6 Å². The van der Waals surface area contributed by atoms with Crippen molar-refractivity contribution in [3.63, 3.8) is 0 Å². The van der Waals surface area contributed by atoms with Crippen LogP contribution in [0.1, 0.15) is 39.2 Å². The second-order valence-corrected chi connectivity index (χ2v) is 4.71. The zero-order chi connectivity index (χ0) is 12.7. The van der Waals surface area contributed by atoms with Gasteiger partial charge in [-0.15, -0.1) is 0 Å². The average molecular weight is 250 g/mol. The topological polar surface area (TPSA) is 24.1 Å². The fraction of sp³-hybridized carbons (Fsp3) is 0.500. The molecule has 0 spiro atoms. The highest BCUT2D eigenvalue weighted by atomic mass is 32.1. The third-order valence-corrected chi connectivity index (χ3v) is 2.97. The highest BCUT2D eigenvalue weighted by Crippen LogP contribution is 2.15. The minimum atomic E-state index is 0.425. The van der Waals surface area contributed by atoms with E-state index >= 15 is 0 Å². The van der Waals surface area contributed by atoms with E-state index in [0.717, 1.165) is 18.5 Å². The molecule has 0 unspecified atom stereocenters. The van der Waals surface area contributed by atoms with Gasteiger partial charge in [0.2, 0.25) is 0 Å². The van der Waals surface area contributed by atoms with Crippen molar-refractivity contribution in [2.75, 3.05) is 5.32 Å². The van der Waals surface area contributed by atoms with Gasteiger partial charge in [0, 0.05) is 11.7 Å². The zero-order valence-electron chi connectivity index (χ0n) is 10.9. The summed E-state index contributed by atoms with van der Waals surface area (Å²) in [7, 11) is 0. The summed E-state index contributed by atoms with van der Waals surface area (Å²) in [6.07, 6.45) is 3.32. The van der Waals surface area contributed by atoms with Crippen molar-refractivity contribution in [3.8, 4) is 0 Å². The third-order valence-electron chi connectivity index (χ3n) is 2.75. The summed E-state index contributed by atoms with van der Waals surface area (Å²) in [5, 5.41) is 7.29. The molecule has 0 fully saturated rings. The molecule has 0 saturated heterocycles. The van der Waals surface area contributed by atoms with Crippen molar-refractivity contribution in [2.45, 2.75) is 46.1 Å². The first-order valence-corrected chi connectivity index (χ1v) is 6.73. The van der Waals surface area contributed by atoms with Crippen LogP contribution in [0.5, 0.6) is 0 Å². The molecule has 3 heteroatoms. The SMILES string of the molecule is CCC[C@@H](C)NC(=S)Nc1ccccc1CC. The molecule has 0 radical (unpaired) electrons. The maximum atomic E-state index is 5.31. The van der Waals surface area contributed by atoms with Crippen LogP contribution in [-0.2, 0) is 6.42 Å². The van der Waals surface area contributed by atoms with Crippen molar-refractivity contribution in [1.82, 2.24) is 5.32 Å². The summed E-state index contributed by atoms with van der Waals surface area (Å²) >= 11 is 5.31. The molecule has 2 nitrogen and oxygen atoms in total. The monoisotopic (exact) mass is 250 g/mol. The smallest absolute Gasteiger partial charge is 0.170 e. The molecule has 0 bridgehead atoms. The van der Waals surface area contributed by atoms with E-state index in [1.807, 2.05) is 6.07 Å². The quantitative estimate of drug-likeness (QED) is 0.779. The molecule has 0 amide bonds. The second-order valence-electron chi connectivity index (χ2n) is 4.30. The van der Waals surface area contributed by atoms with Crippen LogP contribution in [0.4, 0.5) is 5.69 Å². The minimum Gasteiger partial charge on any atom is -0.360 e. The predicted molar refractivity (Wildman–Crippen MR) is 79.5 cm³/mol. The van der Waals surface area contributed by atoms with Crippen LogP contribution in [0.2, 0.25) is 0 Å². The van der Waals surface area contributed by atoms with E-state index in [1.54, 1.807) is 0 Å². The molecule has 0 saturated carbocycles. The van der Waals surface area contributed by atoms with Crippen molar-refractivity contribution in [2.24, 2.45) is 0 Å². The standard InChI is InChI=1S/C14H22N2S/c1-4-8-11(3)15-14(17)16-13-10-7-6-9-12(13)5-2/h6-7,9-11H,4-5,8H2,1-3H3,(H2,15,16,17)/t11-/m1/s1. The van der Waals surface area contributed by atoms with E-state index in [1.165, 1.54) is 12.0 Å². The molecule has 0 aromatic heterocycles. The Morgan fingerprint density at radius 2 is 2.00 bits per heavy atom. The summed E-state index contributed by atoms with van der Waals surface area (Å²) in [4.78, 5) is 0. The van der Waals surface area contributed by atoms with E-state index in [4.69, 9.17) is 12.2 Å². The van der Waals surface area contributed by atoms with Gasteiger partial charge in [-0.05, 0) is 43.6 Å². The minimum absolute atomic E-state index is 0.425. The van der Waals surface area contributed by atoms with Crippen LogP contribution in [0, 0.1) is 0 Å². The number of anilines is 1. The van der Waals surface area contributed by atoms with Gasteiger partial charge in [-0.1, -0.05) is 38.5 Å². The maximum absolute atomic E-state index is 5.31. The first-order valence-electron chi connectivity index (χ1n) is 6.32. The highest BCUT2D eigenvalue weighted by Gasteiger charge is 2.05. The van der Waals surface area contributed by atoms with E-state index in [9.17, 15) is 0 Å². The first-order chi connectivity index (χ1) is 8.17. The van der Waals surface area contributed by atoms with Crippen molar-refractivity contribution in [1.29, 1.82) is 0 Å². The number of hydrogen-bond acceptors (Lipinski definition) is 1. The van der Waals surface area contributed by atoms with Crippen molar-refractivity contribution >= 4 is 23.0 Å². The summed E-state index contributed by atoms with van der Waals surface area (Å²) < 4.78 is 0. The number of para-hydroxylation sites is 1. The molecule has 94 valence electrons. The molecule has 1 aromatic carbocycles. The fourth-order valence-electron chi connectivity index (χ4n) is 1.84. The Hall–Kier alpha value is -1.09. The lowest BCUT2D eigenvalue weighted by Crippen LogP contribution is -2.35. The van der Waals surface area contributed by atoms with Gasteiger partial charge in [0.25, 0.3) is 0 Å². The van der Waals surface area contributed by atoms with Crippen LogP contribution in [0.3, 0.4) is 0 Å². The number of rotatable bonds is 5. The predicted octanol–water partition coefficient (Wildman–Crippen LogP) is 3.72. The molecular formula is C14H22N2S. The van der Waals surface area contributed by atoms with Gasteiger partial charge in [0.05, 0.1) is 0 Å². The maximum Gasteiger partial charge on any atom is 0.170 e. The molecule has 0 heterocycles. The fourth-order valence-corrected chi connectivity index (χ4v) is 2.15. The molecule has 0 aliphatic heterocycles. The van der Waals surface area contributed by atoms with E-state index in [2.05, 4.69) is 49.6 Å².